The van der Waals surface area contributed by atoms with Crippen molar-refractivity contribution in [2.24, 2.45) is 11.8 Å². The second kappa shape index (κ2) is 7.19. The van der Waals surface area contributed by atoms with Gasteiger partial charge in [0.05, 0.1) is 15.6 Å². The Morgan fingerprint density at radius 1 is 1.10 bits per heavy atom. The number of hydrogen-bond acceptors (Lipinski definition) is 2. The summed E-state index contributed by atoms with van der Waals surface area (Å²) in [5, 5.41) is 4.32. The molecule has 0 aliphatic carbocycles. The van der Waals surface area contributed by atoms with E-state index in [0.29, 0.717) is 27.4 Å². The molecule has 3 rings (SSSR count). The molecule has 0 radical (unpaired) electrons. The van der Waals surface area contributed by atoms with Crippen LogP contribution >= 0.6 is 35.6 Å². The zero-order valence-electron chi connectivity index (χ0n) is 11.6. The molecular weight excluding hydrogens is 331 g/mol. The zero-order chi connectivity index (χ0) is 14.1. The van der Waals surface area contributed by atoms with Crippen LogP contribution in [0.1, 0.15) is 23.2 Å². The van der Waals surface area contributed by atoms with Gasteiger partial charge in [-0.1, -0.05) is 29.3 Å². The van der Waals surface area contributed by atoms with Crippen LogP contribution in [-0.4, -0.2) is 37.0 Å². The fourth-order valence-electron chi connectivity index (χ4n) is 3.28. The van der Waals surface area contributed by atoms with Crippen molar-refractivity contribution in [2.75, 3.05) is 26.2 Å². The molecule has 0 bridgehead atoms. The lowest BCUT2D eigenvalue weighted by Crippen LogP contribution is -2.33. The number of nitrogens with one attached hydrogen (secondary N) is 1. The molecule has 2 heterocycles. The fraction of sp³-hybridized carbons (Fsp3) is 0.533. The number of benzene rings is 1. The quantitative estimate of drug-likeness (QED) is 0.842. The van der Waals surface area contributed by atoms with E-state index in [1.807, 2.05) is 4.90 Å². The summed E-state index contributed by atoms with van der Waals surface area (Å²) in [5.41, 5.74) is 0.445. The van der Waals surface area contributed by atoms with Crippen LogP contribution in [-0.2, 0) is 0 Å². The third-order valence-electron chi connectivity index (χ3n) is 4.48. The predicted octanol–water partition coefficient (Wildman–Crippen LogP) is 3.49. The number of rotatable bonds is 1. The summed E-state index contributed by atoms with van der Waals surface area (Å²) in [6.45, 7) is 3.76. The summed E-state index contributed by atoms with van der Waals surface area (Å²) in [5.74, 6) is 1.37. The Morgan fingerprint density at radius 2 is 1.62 bits per heavy atom. The van der Waals surface area contributed by atoms with E-state index in [9.17, 15) is 4.79 Å². The average Bonchev–Trinajstić information content (AvgIpc) is 2.77. The summed E-state index contributed by atoms with van der Waals surface area (Å²) < 4.78 is 0. The van der Waals surface area contributed by atoms with Crippen molar-refractivity contribution in [1.29, 1.82) is 0 Å². The van der Waals surface area contributed by atoms with Gasteiger partial charge in [0.25, 0.3) is 5.91 Å². The van der Waals surface area contributed by atoms with Crippen LogP contribution in [0.4, 0.5) is 0 Å². The monoisotopic (exact) mass is 348 g/mol. The van der Waals surface area contributed by atoms with Gasteiger partial charge in [-0.2, -0.15) is 0 Å². The lowest BCUT2D eigenvalue weighted by molar-refractivity contribution is 0.0759. The van der Waals surface area contributed by atoms with Crippen molar-refractivity contribution in [3.05, 3.63) is 33.8 Å². The molecule has 1 N–H and O–H groups in total. The number of nitrogens with zero attached hydrogens (tertiary/aromatic N) is 1. The normalized spacial score (nSPS) is 25.0. The van der Waals surface area contributed by atoms with Crippen molar-refractivity contribution < 1.29 is 4.79 Å². The van der Waals surface area contributed by atoms with Gasteiger partial charge in [-0.25, -0.2) is 0 Å². The second-order valence-electron chi connectivity index (χ2n) is 5.64. The summed E-state index contributed by atoms with van der Waals surface area (Å²) in [6, 6.07) is 5.20. The maximum atomic E-state index is 12.7. The van der Waals surface area contributed by atoms with Crippen LogP contribution in [0.3, 0.4) is 0 Å². The standard InChI is InChI=1S/C15H18Cl2N2O.ClH/c16-12-2-1-3-13(17)14(12)15(20)19-6-4-10-8-18-9-11(10)5-7-19;/h1-3,10-11,18H,4-9H2;1H/t10-,11+;. The van der Waals surface area contributed by atoms with E-state index in [4.69, 9.17) is 23.2 Å². The van der Waals surface area contributed by atoms with Crippen molar-refractivity contribution in [2.45, 2.75) is 12.8 Å². The molecule has 1 aromatic rings. The summed E-state index contributed by atoms with van der Waals surface area (Å²) in [7, 11) is 0. The minimum atomic E-state index is -0.0338. The highest BCUT2D eigenvalue weighted by atomic mass is 35.5. The largest absolute Gasteiger partial charge is 0.339 e. The lowest BCUT2D eigenvalue weighted by Gasteiger charge is -2.22. The van der Waals surface area contributed by atoms with E-state index in [-0.39, 0.29) is 18.3 Å². The zero-order valence-corrected chi connectivity index (χ0v) is 14.0. The van der Waals surface area contributed by atoms with E-state index in [1.165, 1.54) is 0 Å². The smallest absolute Gasteiger partial charge is 0.256 e. The van der Waals surface area contributed by atoms with Crippen LogP contribution in [0.2, 0.25) is 10.0 Å². The van der Waals surface area contributed by atoms with Gasteiger partial charge in [0.1, 0.15) is 0 Å². The average molecular weight is 350 g/mol. The molecule has 2 aliphatic rings. The Labute approximate surface area is 141 Å². The fourth-order valence-corrected chi connectivity index (χ4v) is 3.84. The first-order valence-electron chi connectivity index (χ1n) is 7.11. The van der Waals surface area contributed by atoms with E-state index >= 15 is 0 Å². The Hall–Kier alpha value is -0.480. The minimum Gasteiger partial charge on any atom is -0.339 e. The molecule has 2 saturated heterocycles. The molecule has 3 nitrogen and oxygen atoms in total. The van der Waals surface area contributed by atoms with Gasteiger partial charge < -0.3 is 10.2 Å². The number of amides is 1. The third kappa shape index (κ3) is 3.48. The van der Waals surface area contributed by atoms with Gasteiger partial charge in [0, 0.05) is 13.1 Å². The first kappa shape index (κ1) is 16.9. The molecule has 2 fully saturated rings. The molecule has 2 atom stereocenters. The molecule has 1 aromatic carbocycles. The maximum Gasteiger partial charge on any atom is 0.256 e. The summed E-state index contributed by atoms with van der Waals surface area (Å²) >= 11 is 12.3. The van der Waals surface area contributed by atoms with Gasteiger partial charge >= 0.3 is 0 Å². The molecule has 1 amide bonds. The highest BCUT2D eigenvalue weighted by Gasteiger charge is 2.32. The molecule has 0 unspecified atom stereocenters. The Morgan fingerprint density at radius 3 is 2.14 bits per heavy atom. The van der Waals surface area contributed by atoms with Gasteiger partial charge in [-0.3, -0.25) is 4.79 Å². The predicted molar refractivity (Wildman–Crippen MR) is 88.7 cm³/mol. The molecule has 21 heavy (non-hydrogen) atoms. The van der Waals surface area contributed by atoms with Gasteiger partial charge in [-0.15, -0.1) is 12.4 Å². The van der Waals surface area contributed by atoms with E-state index in [0.717, 1.165) is 39.0 Å². The Kier molecular flexibility index (Phi) is 5.78. The van der Waals surface area contributed by atoms with Crippen LogP contribution < -0.4 is 5.32 Å². The van der Waals surface area contributed by atoms with Crippen LogP contribution in [0.25, 0.3) is 0 Å². The summed E-state index contributed by atoms with van der Waals surface area (Å²) in [4.78, 5) is 14.6. The Balaban J connectivity index is 0.00000161. The van der Waals surface area contributed by atoms with Crippen molar-refractivity contribution in [3.8, 4) is 0 Å². The number of carbonyl (C=O) groups excluding carboxylic acids is 1. The second-order valence-corrected chi connectivity index (χ2v) is 6.46. The minimum absolute atomic E-state index is 0. The lowest BCUT2D eigenvalue weighted by atomic mass is 9.92. The molecule has 2 aliphatic heterocycles. The Bertz CT molecular complexity index is 489. The summed E-state index contributed by atoms with van der Waals surface area (Å²) in [6.07, 6.45) is 2.12. The van der Waals surface area contributed by atoms with E-state index in [1.54, 1.807) is 18.2 Å². The molecule has 0 saturated carbocycles. The number of hydrogen-bond donors (Lipinski definition) is 1. The van der Waals surface area contributed by atoms with Crippen LogP contribution in [0.15, 0.2) is 18.2 Å². The topological polar surface area (TPSA) is 32.3 Å². The van der Waals surface area contributed by atoms with Gasteiger partial charge in [0.2, 0.25) is 0 Å². The number of halogens is 3. The molecular formula is C15H19Cl3N2O. The first-order valence-corrected chi connectivity index (χ1v) is 7.86. The molecule has 0 spiro atoms. The van der Waals surface area contributed by atoms with Crippen LogP contribution in [0, 0.1) is 11.8 Å². The van der Waals surface area contributed by atoms with E-state index < -0.39 is 0 Å². The van der Waals surface area contributed by atoms with E-state index in [2.05, 4.69) is 5.32 Å². The third-order valence-corrected chi connectivity index (χ3v) is 5.11. The molecule has 116 valence electrons. The van der Waals surface area contributed by atoms with Crippen LogP contribution in [0.5, 0.6) is 0 Å². The maximum absolute atomic E-state index is 12.7. The first-order chi connectivity index (χ1) is 9.66. The number of carbonyl (C=O) groups is 1. The highest BCUT2D eigenvalue weighted by Crippen LogP contribution is 2.30. The number of likely N-dealkylation sites (tertiary alicyclic amines) is 1. The van der Waals surface area contributed by atoms with Gasteiger partial charge in [-0.05, 0) is 49.9 Å². The highest BCUT2D eigenvalue weighted by molar-refractivity contribution is 6.39. The van der Waals surface area contributed by atoms with Crippen molar-refractivity contribution in [3.63, 3.8) is 0 Å². The van der Waals surface area contributed by atoms with Crippen molar-refractivity contribution >= 4 is 41.5 Å². The SMILES string of the molecule is Cl.O=C(c1c(Cl)cccc1Cl)N1CC[C@@H]2CNC[C@@H]2CC1. The van der Waals surface area contributed by atoms with Gasteiger partial charge in [0.15, 0.2) is 0 Å². The number of fused-ring (bicyclic) bond motifs is 1. The molecule has 6 heteroatoms. The molecule has 0 aromatic heterocycles. The van der Waals surface area contributed by atoms with Crippen molar-refractivity contribution in [1.82, 2.24) is 10.2 Å².